The SMILES string of the molecule is COc1cccc(N2C(=S)NC(c3ccccn3)C2c2cc(C)n(-c3ccc(C)cc3)c2C)c1. The molecule has 2 atom stereocenters. The second kappa shape index (κ2) is 8.95. The molecule has 2 aromatic carbocycles. The third-order valence-electron chi connectivity index (χ3n) is 6.51. The first-order valence-electron chi connectivity index (χ1n) is 11.4. The van der Waals surface area contributed by atoms with Gasteiger partial charge in [0.25, 0.3) is 0 Å². The fourth-order valence-electron chi connectivity index (χ4n) is 4.89. The molecule has 1 aliphatic heterocycles. The van der Waals surface area contributed by atoms with Crippen molar-refractivity contribution in [1.29, 1.82) is 0 Å². The summed E-state index contributed by atoms with van der Waals surface area (Å²) in [5.41, 5.74) is 7.93. The van der Waals surface area contributed by atoms with Crippen LogP contribution in [0, 0.1) is 20.8 Å². The van der Waals surface area contributed by atoms with Crippen LogP contribution < -0.4 is 15.0 Å². The molecule has 0 spiro atoms. The Bertz CT molecular complexity index is 1330. The Kier molecular flexibility index (Phi) is 5.84. The number of methoxy groups -OCH3 is 1. The van der Waals surface area contributed by atoms with Gasteiger partial charge in [0.2, 0.25) is 0 Å². The van der Waals surface area contributed by atoms with Crippen LogP contribution in [0.25, 0.3) is 5.69 Å². The maximum atomic E-state index is 5.89. The number of aromatic nitrogens is 2. The number of aryl methyl sites for hydroxylation is 2. The van der Waals surface area contributed by atoms with Crippen LogP contribution in [0.2, 0.25) is 0 Å². The molecule has 172 valence electrons. The van der Waals surface area contributed by atoms with E-state index in [2.05, 4.69) is 83.0 Å². The van der Waals surface area contributed by atoms with Crippen molar-refractivity contribution >= 4 is 23.0 Å². The molecule has 5 nitrogen and oxygen atoms in total. The molecule has 0 radical (unpaired) electrons. The number of pyridine rings is 1. The molecule has 0 saturated carbocycles. The maximum Gasteiger partial charge on any atom is 0.174 e. The number of anilines is 1. The van der Waals surface area contributed by atoms with Gasteiger partial charge in [-0.15, -0.1) is 0 Å². The van der Waals surface area contributed by atoms with Gasteiger partial charge in [-0.25, -0.2) is 0 Å². The van der Waals surface area contributed by atoms with Gasteiger partial charge in [-0.3, -0.25) is 4.98 Å². The first-order chi connectivity index (χ1) is 16.5. The van der Waals surface area contributed by atoms with Gasteiger partial charge in [-0.05, 0) is 81.0 Å². The summed E-state index contributed by atoms with van der Waals surface area (Å²) in [6.07, 6.45) is 1.83. The number of benzene rings is 2. The highest BCUT2D eigenvalue weighted by Gasteiger charge is 2.42. The van der Waals surface area contributed by atoms with E-state index in [1.165, 1.54) is 22.5 Å². The topological polar surface area (TPSA) is 42.3 Å². The Morgan fingerprint density at radius 3 is 2.41 bits per heavy atom. The summed E-state index contributed by atoms with van der Waals surface area (Å²) in [6, 6.07) is 24.8. The summed E-state index contributed by atoms with van der Waals surface area (Å²) in [5.74, 6) is 0.797. The second-order valence-electron chi connectivity index (χ2n) is 8.70. The average molecular weight is 469 g/mol. The third-order valence-corrected chi connectivity index (χ3v) is 6.83. The third kappa shape index (κ3) is 3.84. The van der Waals surface area contributed by atoms with E-state index in [0.29, 0.717) is 5.11 Å². The summed E-state index contributed by atoms with van der Waals surface area (Å²) in [6.45, 7) is 6.45. The second-order valence-corrected chi connectivity index (χ2v) is 9.08. The van der Waals surface area contributed by atoms with E-state index in [9.17, 15) is 0 Å². The monoisotopic (exact) mass is 468 g/mol. The molecule has 0 amide bonds. The van der Waals surface area contributed by atoms with Gasteiger partial charge in [-0.2, -0.15) is 0 Å². The zero-order valence-corrected chi connectivity index (χ0v) is 20.6. The van der Waals surface area contributed by atoms with Crippen LogP contribution in [0.15, 0.2) is 79.0 Å². The minimum Gasteiger partial charge on any atom is -0.497 e. The van der Waals surface area contributed by atoms with Crippen LogP contribution in [0.4, 0.5) is 5.69 Å². The van der Waals surface area contributed by atoms with E-state index >= 15 is 0 Å². The molecule has 2 aromatic heterocycles. The molecule has 0 bridgehead atoms. The van der Waals surface area contributed by atoms with Crippen molar-refractivity contribution in [3.8, 4) is 11.4 Å². The molecule has 4 aromatic rings. The lowest BCUT2D eigenvalue weighted by Gasteiger charge is -2.28. The van der Waals surface area contributed by atoms with Gasteiger partial charge in [-0.1, -0.05) is 29.8 Å². The van der Waals surface area contributed by atoms with Crippen molar-refractivity contribution < 1.29 is 4.74 Å². The van der Waals surface area contributed by atoms with E-state index in [0.717, 1.165) is 22.8 Å². The fourth-order valence-corrected chi connectivity index (χ4v) is 5.23. The van der Waals surface area contributed by atoms with Gasteiger partial charge in [0.1, 0.15) is 5.75 Å². The van der Waals surface area contributed by atoms with Crippen LogP contribution in [0.1, 0.15) is 40.3 Å². The quantitative estimate of drug-likeness (QED) is 0.365. The predicted molar refractivity (Wildman–Crippen MR) is 141 cm³/mol. The van der Waals surface area contributed by atoms with Gasteiger partial charge in [0, 0.05) is 35.0 Å². The van der Waals surface area contributed by atoms with Crippen LogP contribution in [-0.4, -0.2) is 21.8 Å². The van der Waals surface area contributed by atoms with Crippen LogP contribution >= 0.6 is 12.2 Å². The highest BCUT2D eigenvalue weighted by Crippen LogP contribution is 2.44. The Morgan fingerprint density at radius 2 is 1.71 bits per heavy atom. The molecule has 1 N–H and O–H groups in total. The molecule has 0 aliphatic carbocycles. The summed E-state index contributed by atoms with van der Waals surface area (Å²) < 4.78 is 7.82. The Hall–Kier alpha value is -3.64. The maximum absolute atomic E-state index is 5.89. The molecule has 5 rings (SSSR count). The van der Waals surface area contributed by atoms with Crippen molar-refractivity contribution in [1.82, 2.24) is 14.9 Å². The minimum atomic E-state index is -0.0909. The normalized spacial score (nSPS) is 17.6. The lowest BCUT2D eigenvalue weighted by molar-refractivity contribution is 0.415. The number of nitrogens with zero attached hydrogens (tertiary/aromatic N) is 3. The standard InChI is InChI=1S/C28H28N4OS/c1-18-11-13-21(14-12-18)31-19(2)16-24(20(31)3)27-26(25-10-5-6-15-29-25)30-28(34)32(27)22-8-7-9-23(17-22)33-4/h5-17,26-27H,1-4H3,(H,30,34). The van der Waals surface area contributed by atoms with Crippen molar-refractivity contribution in [3.63, 3.8) is 0 Å². The number of ether oxygens (including phenoxy) is 1. The molecular formula is C28H28N4OS. The summed E-state index contributed by atoms with van der Waals surface area (Å²) >= 11 is 5.89. The number of rotatable bonds is 5. The lowest BCUT2D eigenvalue weighted by atomic mass is 9.96. The molecule has 2 unspecified atom stereocenters. The Morgan fingerprint density at radius 1 is 0.912 bits per heavy atom. The van der Waals surface area contributed by atoms with Crippen molar-refractivity contribution in [2.75, 3.05) is 12.0 Å². The fraction of sp³-hybridized carbons (Fsp3) is 0.214. The van der Waals surface area contributed by atoms with E-state index in [4.69, 9.17) is 17.0 Å². The van der Waals surface area contributed by atoms with Crippen molar-refractivity contribution in [3.05, 3.63) is 107 Å². The number of hydrogen-bond donors (Lipinski definition) is 1. The summed E-state index contributed by atoms with van der Waals surface area (Å²) in [7, 11) is 1.68. The van der Waals surface area contributed by atoms with E-state index in [-0.39, 0.29) is 12.1 Å². The van der Waals surface area contributed by atoms with Crippen LogP contribution in [0.3, 0.4) is 0 Å². The van der Waals surface area contributed by atoms with E-state index < -0.39 is 0 Å². The predicted octanol–water partition coefficient (Wildman–Crippen LogP) is 5.98. The largest absolute Gasteiger partial charge is 0.497 e. The van der Waals surface area contributed by atoms with Gasteiger partial charge in [0.05, 0.1) is 24.9 Å². The Balaban J connectivity index is 1.68. The first-order valence-corrected chi connectivity index (χ1v) is 11.8. The van der Waals surface area contributed by atoms with E-state index in [1.807, 2.05) is 36.5 Å². The van der Waals surface area contributed by atoms with Crippen molar-refractivity contribution in [2.45, 2.75) is 32.9 Å². The Labute approximate surface area is 206 Å². The first kappa shape index (κ1) is 22.2. The van der Waals surface area contributed by atoms with Crippen molar-refractivity contribution in [2.24, 2.45) is 0 Å². The van der Waals surface area contributed by atoms with Crippen LogP contribution in [-0.2, 0) is 0 Å². The lowest BCUT2D eigenvalue weighted by Crippen LogP contribution is -2.29. The molecule has 1 fully saturated rings. The molecule has 3 heterocycles. The van der Waals surface area contributed by atoms with Gasteiger partial charge < -0.3 is 19.5 Å². The minimum absolute atomic E-state index is 0.0695. The van der Waals surface area contributed by atoms with Crippen LogP contribution in [0.5, 0.6) is 5.75 Å². The molecule has 34 heavy (non-hydrogen) atoms. The zero-order chi connectivity index (χ0) is 23.8. The molecule has 6 heteroatoms. The number of hydrogen-bond acceptors (Lipinski definition) is 3. The highest BCUT2D eigenvalue weighted by atomic mass is 32.1. The van der Waals surface area contributed by atoms with E-state index in [1.54, 1.807) is 7.11 Å². The number of thiocarbonyl (C=S) groups is 1. The highest BCUT2D eigenvalue weighted by molar-refractivity contribution is 7.80. The van der Waals surface area contributed by atoms with Gasteiger partial charge >= 0.3 is 0 Å². The zero-order valence-electron chi connectivity index (χ0n) is 19.8. The number of nitrogens with one attached hydrogen (secondary N) is 1. The molecular weight excluding hydrogens is 440 g/mol. The average Bonchev–Trinajstić information content (AvgIpc) is 3.35. The van der Waals surface area contributed by atoms with Gasteiger partial charge in [0.15, 0.2) is 5.11 Å². The molecule has 1 aliphatic rings. The summed E-state index contributed by atoms with van der Waals surface area (Å²) in [4.78, 5) is 6.87. The smallest absolute Gasteiger partial charge is 0.174 e. The summed E-state index contributed by atoms with van der Waals surface area (Å²) in [5, 5.41) is 4.23. The molecule has 1 saturated heterocycles.